The molecule has 7 heteroatoms. The van der Waals surface area contributed by atoms with Crippen molar-refractivity contribution in [3.63, 3.8) is 0 Å². The van der Waals surface area contributed by atoms with Gasteiger partial charge in [-0.25, -0.2) is 0 Å². The zero-order chi connectivity index (χ0) is 16.8. The molecule has 0 aliphatic carbocycles. The van der Waals surface area contributed by atoms with Crippen LogP contribution in [0.3, 0.4) is 0 Å². The van der Waals surface area contributed by atoms with Gasteiger partial charge in [-0.15, -0.1) is 0 Å². The van der Waals surface area contributed by atoms with Crippen LogP contribution in [0, 0.1) is 0 Å². The van der Waals surface area contributed by atoms with Crippen LogP contribution in [-0.2, 0) is 0 Å². The Labute approximate surface area is 136 Å². The van der Waals surface area contributed by atoms with Crippen LogP contribution in [0.4, 0.5) is 23.5 Å². The van der Waals surface area contributed by atoms with Crippen LogP contribution in [0.15, 0.2) is 24.3 Å². The van der Waals surface area contributed by atoms with Crippen molar-refractivity contribution in [1.82, 2.24) is 15.0 Å². The molecule has 0 unspecified atom stereocenters. The lowest BCUT2D eigenvalue weighted by molar-refractivity contribution is 0.415. The molecule has 0 atom stereocenters. The van der Waals surface area contributed by atoms with Gasteiger partial charge >= 0.3 is 0 Å². The van der Waals surface area contributed by atoms with E-state index in [2.05, 4.69) is 30.9 Å². The van der Waals surface area contributed by atoms with E-state index in [9.17, 15) is 0 Å². The summed E-state index contributed by atoms with van der Waals surface area (Å²) in [5.41, 5.74) is 0.878. The molecule has 1 aromatic carbocycles. The first-order valence-corrected chi connectivity index (χ1v) is 7.66. The smallest absolute Gasteiger partial charge is 0.233 e. The molecule has 0 aliphatic rings. The molecule has 1 heterocycles. The van der Waals surface area contributed by atoms with Crippen molar-refractivity contribution in [2.45, 2.75) is 39.8 Å². The third kappa shape index (κ3) is 5.28. The average Bonchev–Trinajstić information content (AvgIpc) is 2.46. The number of anilines is 4. The molecule has 23 heavy (non-hydrogen) atoms. The minimum Gasteiger partial charge on any atom is -0.497 e. The first-order valence-electron chi connectivity index (χ1n) is 7.66. The molecule has 0 bridgehead atoms. The fourth-order valence-corrected chi connectivity index (χ4v) is 1.88. The second-order valence-corrected chi connectivity index (χ2v) is 5.76. The van der Waals surface area contributed by atoms with E-state index < -0.39 is 0 Å². The van der Waals surface area contributed by atoms with Crippen LogP contribution in [0.25, 0.3) is 0 Å². The van der Waals surface area contributed by atoms with E-state index in [-0.39, 0.29) is 12.1 Å². The SMILES string of the molecule is COc1ccc(Nc2nc(NC(C)C)nc(NC(C)C)n2)cc1. The van der Waals surface area contributed by atoms with Crippen LogP contribution < -0.4 is 20.7 Å². The number of nitrogens with one attached hydrogen (secondary N) is 3. The van der Waals surface area contributed by atoms with Gasteiger partial charge in [0.15, 0.2) is 0 Å². The monoisotopic (exact) mass is 316 g/mol. The Morgan fingerprint density at radius 1 is 0.783 bits per heavy atom. The van der Waals surface area contributed by atoms with Gasteiger partial charge in [0.2, 0.25) is 17.8 Å². The maximum atomic E-state index is 5.16. The summed E-state index contributed by atoms with van der Waals surface area (Å²) in [7, 11) is 1.64. The van der Waals surface area contributed by atoms with Gasteiger partial charge in [-0.3, -0.25) is 0 Å². The first kappa shape index (κ1) is 16.8. The number of hydrogen-bond acceptors (Lipinski definition) is 7. The third-order valence-electron chi connectivity index (χ3n) is 2.82. The van der Waals surface area contributed by atoms with E-state index in [0.29, 0.717) is 17.8 Å². The number of hydrogen-bond donors (Lipinski definition) is 3. The molecule has 0 amide bonds. The molecule has 0 spiro atoms. The van der Waals surface area contributed by atoms with Gasteiger partial charge in [-0.05, 0) is 52.0 Å². The molecular weight excluding hydrogens is 292 g/mol. The van der Waals surface area contributed by atoms with Crippen molar-refractivity contribution in [3.8, 4) is 5.75 Å². The number of benzene rings is 1. The van der Waals surface area contributed by atoms with Gasteiger partial charge in [0.1, 0.15) is 5.75 Å². The lowest BCUT2D eigenvalue weighted by Gasteiger charge is -2.14. The van der Waals surface area contributed by atoms with Crippen LogP contribution in [-0.4, -0.2) is 34.1 Å². The lowest BCUT2D eigenvalue weighted by Crippen LogP contribution is -2.18. The van der Waals surface area contributed by atoms with Gasteiger partial charge in [0, 0.05) is 17.8 Å². The molecule has 0 aliphatic heterocycles. The van der Waals surface area contributed by atoms with Gasteiger partial charge in [0.05, 0.1) is 7.11 Å². The quantitative estimate of drug-likeness (QED) is 0.723. The Morgan fingerprint density at radius 3 is 1.70 bits per heavy atom. The molecule has 1 aromatic heterocycles. The van der Waals surface area contributed by atoms with Crippen molar-refractivity contribution < 1.29 is 4.74 Å². The van der Waals surface area contributed by atoms with E-state index in [1.807, 2.05) is 52.0 Å². The van der Waals surface area contributed by atoms with Crippen LogP contribution in [0.1, 0.15) is 27.7 Å². The molecule has 3 N–H and O–H groups in total. The van der Waals surface area contributed by atoms with Crippen molar-refractivity contribution in [3.05, 3.63) is 24.3 Å². The van der Waals surface area contributed by atoms with Crippen molar-refractivity contribution in [1.29, 1.82) is 0 Å². The number of nitrogens with zero attached hydrogens (tertiary/aromatic N) is 3. The highest BCUT2D eigenvalue weighted by Crippen LogP contribution is 2.19. The molecule has 2 aromatic rings. The second kappa shape index (κ2) is 7.62. The zero-order valence-corrected chi connectivity index (χ0v) is 14.2. The molecular formula is C16H24N6O. The van der Waals surface area contributed by atoms with Gasteiger partial charge in [-0.1, -0.05) is 0 Å². The standard InChI is InChI=1S/C16H24N6O/c1-10(2)17-14-20-15(18-11(3)4)22-16(21-14)19-12-6-8-13(23-5)9-7-12/h6-11H,1-5H3,(H3,17,18,19,20,21,22). The Hall–Kier alpha value is -2.57. The zero-order valence-electron chi connectivity index (χ0n) is 14.2. The molecule has 0 saturated carbocycles. The highest BCUT2D eigenvalue weighted by atomic mass is 16.5. The molecule has 0 fully saturated rings. The van der Waals surface area contributed by atoms with Gasteiger partial charge < -0.3 is 20.7 Å². The van der Waals surface area contributed by atoms with E-state index >= 15 is 0 Å². The summed E-state index contributed by atoms with van der Waals surface area (Å²) in [5, 5.41) is 9.59. The Morgan fingerprint density at radius 2 is 1.26 bits per heavy atom. The third-order valence-corrected chi connectivity index (χ3v) is 2.82. The van der Waals surface area contributed by atoms with E-state index in [0.717, 1.165) is 11.4 Å². The fourth-order valence-electron chi connectivity index (χ4n) is 1.88. The number of ether oxygens (including phenoxy) is 1. The van der Waals surface area contributed by atoms with E-state index in [4.69, 9.17) is 4.74 Å². The summed E-state index contributed by atoms with van der Waals surface area (Å²) in [6.07, 6.45) is 0. The number of aromatic nitrogens is 3. The average molecular weight is 316 g/mol. The van der Waals surface area contributed by atoms with Crippen LogP contribution in [0.5, 0.6) is 5.75 Å². The first-order chi connectivity index (χ1) is 11.0. The maximum absolute atomic E-state index is 5.16. The molecule has 7 nitrogen and oxygen atoms in total. The molecule has 0 saturated heterocycles. The molecule has 124 valence electrons. The minimum absolute atomic E-state index is 0.234. The minimum atomic E-state index is 0.234. The van der Waals surface area contributed by atoms with Gasteiger partial charge in [-0.2, -0.15) is 15.0 Å². The highest BCUT2D eigenvalue weighted by molar-refractivity contribution is 5.56. The van der Waals surface area contributed by atoms with Crippen LogP contribution in [0.2, 0.25) is 0 Å². The second-order valence-electron chi connectivity index (χ2n) is 5.76. The lowest BCUT2D eigenvalue weighted by atomic mass is 10.3. The van der Waals surface area contributed by atoms with Crippen molar-refractivity contribution in [2.24, 2.45) is 0 Å². The topological polar surface area (TPSA) is 84.0 Å². The predicted octanol–water partition coefficient (Wildman–Crippen LogP) is 3.26. The normalized spacial score (nSPS) is 10.7. The predicted molar refractivity (Wildman–Crippen MR) is 93.6 cm³/mol. The van der Waals surface area contributed by atoms with Crippen molar-refractivity contribution in [2.75, 3.05) is 23.1 Å². The molecule has 0 radical (unpaired) electrons. The Balaban J connectivity index is 2.23. The summed E-state index contributed by atoms with van der Waals surface area (Å²) in [4.78, 5) is 13.2. The largest absolute Gasteiger partial charge is 0.497 e. The van der Waals surface area contributed by atoms with Crippen LogP contribution >= 0.6 is 0 Å². The molecule has 2 rings (SSSR count). The van der Waals surface area contributed by atoms with Gasteiger partial charge in [0.25, 0.3) is 0 Å². The fraction of sp³-hybridized carbons (Fsp3) is 0.438. The number of methoxy groups -OCH3 is 1. The Bertz CT molecular complexity index is 599. The van der Waals surface area contributed by atoms with Crippen molar-refractivity contribution >= 4 is 23.5 Å². The summed E-state index contributed by atoms with van der Waals surface area (Å²) < 4.78 is 5.16. The summed E-state index contributed by atoms with van der Waals surface area (Å²) >= 11 is 0. The number of rotatable bonds is 7. The van der Waals surface area contributed by atoms with E-state index in [1.165, 1.54) is 0 Å². The Kier molecular flexibility index (Phi) is 5.56. The van der Waals surface area contributed by atoms with E-state index in [1.54, 1.807) is 7.11 Å². The summed E-state index contributed by atoms with van der Waals surface area (Å²) in [6, 6.07) is 8.05. The highest BCUT2D eigenvalue weighted by Gasteiger charge is 2.09. The summed E-state index contributed by atoms with van der Waals surface area (Å²) in [6.45, 7) is 8.15. The maximum Gasteiger partial charge on any atom is 0.233 e. The summed E-state index contributed by atoms with van der Waals surface area (Å²) in [5.74, 6) is 2.36.